The normalized spacial score (nSPS) is 15.1. The molecule has 5 nitrogen and oxygen atoms in total. The van der Waals surface area contributed by atoms with Gasteiger partial charge in [-0.1, -0.05) is 24.3 Å². The Hall–Kier alpha value is -2.50. The maximum absolute atomic E-state index is 12.7. The first kappa shape index (κ1) is 17.3. The van der Waals surface area contributed by atoms with E-state index in [-0.39, 0.29) is 23.9 Å². The van der Waals surface area contributed by atoms with E-state index in [0.717, 1.165) is 18.4 Å². The van der Waals surface area contributed by atoms with Crippen LogP contribution >= 0.6 is 0 Å². The smallest absolute Gasteiger partial charge is 0.335 e. The van der Waals surface area contributed by atoms with Crippen LogP contribution in [-0.4, -0.2) is 35.2 Å². The Kier molecular flexibility index (Phi) is 5.26. The number of aromatic carboxylic acids is 1. The summed E-state index contributed by atoms with van der Waals surface area (Å²) in [6.45, 7) is 1.00. The van der Waals surface area contributed by atoms with Gasteiger partial charge in [-0.25, -0.2) is 4.79 Å². The lowest BCUT2D eigenvalue weighted by atomic mass is 9.89. The van der Waals surface area contributed by atoms with Crippen LogP contribution in [0.15, 0.2) is 42.5 Å². The molecule has 2 N–H and O–H groups in total. The van der Waals surface area contributed by atoms with Gasteiger partial charge in [0.25, 0.3) is 0 Å². The van der Waals surface area contributed by atoms with Crippen LogP contribution in [0, 0.1) is 5.92 Å². The minimum absolute atomic E-state index is 0.0355. The van der Waals surface area contributed by atoms with Crippen LogP contribution in [0.4, 0.5) is 0 Å². The van der Waals surface area contributed by atoms with Crippen molar-refractivity contribution < 1.29 is 24.5 Å². The molecule has 2 aromatic carbocycles. The maximum atomic E-state index is 12.7. The van der Waals surface area contributed by atoms with Gasteiger partial charge in [-0.15, -0.1) is 0 Å². The fraction of sp³-hybridized carbons (Fsp3) is 0.300. The van der Waals surface area contributed by atoms with Gasteiger partial charge in [-0.05, 0) is 47.7 Å². The minimum atomic E-state index is -1.03. The summed E-state index contributed by atoms with van der Waals surface area (Å²) < 4.78 is 5.31. The first-order valence-electron chi connectivity index (χ1n) is 8.29. The van der Waals surface area contributed by atoms with Crippen molar-refractivity contribution in [1.29, 1.82) is 0 Å². The quantitative estimate of drug-likeness (QED) is 0.817. The van der Waals surface area contributed by atoms with Gasteiger partial charge in [0, 0.05) is 24.7 Å². The molecule has 25 heavy (non-hydrogen) atoms. The summed E-state index contributed by atoms with van der Waals surface area (Å²) in [6, 6.07) is 11.8. The number of aliphatic hydroxyl groups excluding tert-OH is 1. The zero-order valence-corrected chi connectivity index (χ0v) is 13.8. The molecule has 0 aliphatic carbocycles. The number of aliphatic hydroxyl groups is 1. The lowest BCUT2D eigenvalue weighted by molar-refractivity contribution is 0.0545. The lowest BCUT2D eigenvalue weighted by Gasteiger charge is -2.21. The molecule has 0 saturated carbocycles. The van der Waals surface area contributed by atoms with E-state index in [1.807, 2.05) is 6.07 Å². The summed E-state index contributed by atoms with van der Waals surface area (Å²) in [6.07, 6.45) is 1.44. The highest BCUT2D eigenvalue weighted by molar-refractivity contribution is 5.99. The standard InChI is InChI=1S/C20H20O5/c21-12-17-5-4-16(20(23)24)11-18(17)14-2-1-3-15(10-14)19(22)13-6-8-25-9-7-13/h1-5,10-11,13,21H,6-9,12H2,(H,23,24). The maximum Gasteiger partial charge on any atom is 0.335 e. The van der Waals surface area contributed by atoms with Crippen molar-refractivity contribution in [2.45, 2.75) is 19.4 Å². The Balaban J connectivity index is 1.97. The summed E-state index contributed by atoms with van der Waals surface area (Å²) >= 11 is 0. The van der Waals surface area contributed by atoms with Crippen LogP contribution in [0.25, 0.3) is 11.1 Å². The number of hydrogen-bond acceptors (Lipinski definition) is 4. The van der Waals surface area contributed by atoms with Gasteiger partial charge in [0.05, 0.1) is 12.2 Å². The van der Waals surface area contributed by atoms with Crippen molar-refractivity contribution in [3.63, 3.8) is 0 Å². The number of carbonyl (C=O) groups excluding carboxylic acids is 1. The molecule has 0 spiro atoms. The molecule has 130 valence electrons. The molecule has 1 aliphatic heterocycles. The summed E-state index contributed by atoms with van der Waals surface area (Å²) in [5, 5.41) is 18.8. The number of carbonyl (C=O) groups is 2. The van der Waals surface area contributed by atoms with Crippen molar-refractivity contribution in [3.8, 4) is 11.1 Å². The van der Waals surface area contributed by atoms with E-state index in [1.165, 1.54) is 12.1 Å². The minimum Gasteiger partial charge on any atom is -0.478 e. The fourth-order valence-corrected chi connectivity index (χ4v) is 3.15. The van der Waals surface area contributed by atoms with Gasteiger partial charge >= 0.3 is 5.97 Å². The summed E-state index contributed by atoms with van der Waals surface area (Å²) in [5.74, 6) is -0.975. The first-order valence-corrected chi connectivity index (χ1v) is 8.29. The third kappa shape index (κ3) is 3.78. The number of hydrogen-bond donors (Lipinski definition) is 2. The van der Waals surface area contributed by atoms with Crippen LogP contribution < -0.4 is 0 Å². The Labute approximate surface area is 145 Å². The molecular weight excluding hydrogens is 320 g/mol. The van der Waals surface area contributed by atoms with E-state index in [0.29, 0.717) is 29.9 Å². The number of ether oxygens (including phenoxy) is 1. The van der Waals surface area contributed by atoms with Crippen LogP contribution in [0.2, 0.25) is 0 Å². The Morgan fingerprint density at radius 3 is 2.48 bits per heavy atom. The summed E-state index contributed by atoms with van der Waals surface area (Å²) in [7, 11) is 0. The van der Waals surface area contributed by atoms with Crippen molar-refractivity contribution in [2.75, 3.05) is 13.2 Å². The van der Waals surface area contributed by atoms with Crippen LogP contribution in [0.3, 0.4) is 0 Å². The summed E-state index contributed by atoms with van der Waals surface area (Å²) in [4.78, 5) is 24.0. The van der Waals surface area contributed by atoms with E-state index in [1.54, 1.807) is 24.3 Å². The van der Waals surface area contributed by atoms with Crippen molar-refractivity contribution in [3.05, 3.63) is 59.2 Å². The zero-order valence-electron chi connectivity index (χ0n) is 13.8. The molecule has 0 amide bonds. The molecule has 1 saturated heterocycles. The zero-order chi connectivity index (χ0) is 17.8. The molecule has 1 heterocycles. The SMILES string of the molecule is O=C(O)c1ccc(CO)c(-c2cccc(C(=O)C3CCOCC3)c2)c1. The highest BCUT2D eigenvalue weighted by Crippen LogP contribution is 2.28. The lowest BCUT2D eigenvalue weighted by Crippen LogP contribution is -2.23. The average molecular weight is 340 g/mol. The molecular formula is C20H20O5. The van der Waals surface area contributed by atoms with Crippen LogP contribution in [0.1, 0.15) is 39.1 Å². The molecule has 1 aliphatic rings. The fourth-order valence-electron chi connectivity index (χ4n) is 3.15. The van der Waals surface area contributed by atoms with Gasteiger partial charge in [0.15, 0.2) is 5.78 Å². The van der Waals surface area contributed by atoms with E-state index in [2.05, 4.69) is 0 Å². The number of Topliss-reactive ketones (excluding diaryl/α,β-unsaturated/α-hetero) is 1. The van der Waals surface area contributed by atoms with Gasteiger partial charge in [-0.3, -0.25) is 4.79 Å². The molecule has 3 rings (SSSR count). The van der Waals surface area contributed by atoms with E-state index >= 15 is 0 Å². The predicted molar refractivity (Wildman–Crippen MR) is 92.6 cm³/mol. The largest absolute Gasteiger partial charge is 0.478 e. The second kappa shape index (κ2) is 7.59. The molecule has 5 heteroatoms. The molecule has 0 unspecified atom stereocenters. The second-order valence-electron chi connectivity index (χ2n) is 6.17. The van der Waals surface area contributed by atoms with Crippen molar-refractivity contribution in [2.24, 2.45) is 5.92 Å². The second-order valence-corrected chi connectivity index (χ2v) is 6.17. The van der Waals surface area contributed by atoms with Crippen molar-refractivity contribution in [1.82, 2.24) is 0 Å². The van der Waals surface area contributed by atoms with Crippen LogP contribution in [0.5, 0.6) is 0 Å². The Morgan fingerprint density at radius 2 is 1.80 bits per heavy atom. The van der Waals surface area contributed by atoms with E-state index in [9.17, 15) is 19.8 Å². The average Bonchev–Trinajstić information content (AvgIpc) is 2.67. The number of ketones is 1. The van der Waals surface area contributed by atoms with E-state index < -0.39 is 5.97 Å². The van der Waals surface area contributed by atoms with Gasteiger partial charge < -0.3 is 14.9 Å². The van der Waals surface area contributed by atoms with E-state index in [4.69, 9.17) is 4.74 Å². The van der Waals surface area contributed by atoms with Gasteiger partial charge in [-0.2, -0.15) is 0 Å². The van der Waals surface area contributed by atoms with Crippen molar-refractivity contribution >= 4 is 11.8 Å². The Morgan fingerprint density at radius 1 is 1.04 bits per heavy atom. The van der Waals surface area contributed by atoms with Crippen LogP contribution in [-0.2, 0) is 11.3 Å². The predicted octanol–water partition coefficient (Wildman–Crippen LogP) is 3.15. The third-order valence-electron chi connectivity index (χ3n) is 4.58. The number of benzene rings is 2. The highest BCUT2D eigenvalue weighted by Gasteiger charge is 2.23. The Bertz CT molecular complexity index is 790. The molecule has 2 aromatic rings. The summed E-state index contributed by atoms with van der Waals surface area (Å²) in [5.41, 5.74) is 2.73. The molecule has 0 aromatic heterocycles. The number of carboxylic acid groups (broad SMARTS) is 1. The molecule has 0 atom stereocenters. The highest BCUT2D eigenvalue weighted by atomic mass is 16.5. The first-order chi connectivity index (χ1) is 12.1. The monoisotopic (exact) mass is 340 g/mol. The number of rotatable bonds is 5. The van der Waals surface area contributed by atoms with Gasteiger partial charge in [0.1, 0.15) is 0 Å². The third-order valence-corrected chi connectivity index (χ3v) is 4.58. The van der Waals surface area contributed by atoms with Gasteiger partial charge in [0.2, 0.25) is 0 Å². The topological polar surface area (TPSA) is 83.8 Å². The molecule has 1 fully saturated rings. The molecule has 0 radical (unpaired) electrons. The molecule has 0 bridgehead atoms. The number of carboxylic acids is 1.